The molecule has 12 heteroatoms. The van der Waals surface area contributed by atoms with E-state index in [4.69, 9.17) is 4.42 Å². The number of aromatic nitrogens is 1. The molecule has 2 fully saturated rings. The maximum Gasteiger partial charge on any atom is 0.228 e. The molecule has 2 aliphatic rings. The maximum absolute atomic E-state index is 12.7. The van der Waals surface area contributed by atoms with Gasteiger partial charge in [-0.05, 0) is 25.5 Å². The molecule has 1 unspecified atom stereocenters. The maximum atomic E-state index is 12.7. The van der Waals surface area contributed by atoms with Crippen LogP contribution in [-0.4, -0.2) is 79.9 Å². The highest BCUT2D eigenvalue weighted by atomic mass is 32.2. The van der Waals surface area contributed by atoms with Gasteiger partial charge in [-0.1, -0.05) is 0 Å². The molecule has 1 amide bonds. The first kappa shape index (κ1) is 21.5. The van der Waals surface area contributed by atoms with Crippen molar-refractivity contribution in [2.24, 2.45) is 0 Å². The van der Waals surface area contributed by atoms with Gasteiger partial charge in [0.15, 0.2) is 20.6 Å². The summed E-state index contributed by atoms with van der Waals surface area (Å²) in [4.78, 5) is 18.7. The fourth-order valence-electron chi connectivity index (χ4n) is 3.72. The lowest BCUT2D eigenvalue weighted by Crippen LogP contribution is -2.53. The zero-order valence-electron chi connectivity index (χ0n) is 16.5. The number of nitrogens with zero attached hydrogens (tertiary/aromatic N) is 3. The third-order valence-corrected chi connectivity index (χ3v) is 10.6. The molecule has 9 nitrogen and oxygen atoms in total. The van der Waals surface area contributed by atoms with Crippen LogP contribution in [0.3, 0.4) is 0 Å². The summed E-state index contributed by atoms with van der Waals surface area (Å²) in [5.41, 5.74) is 0.653. The monoisotopic (exact) mass is 473 g/mol. The van der Waals surface area contributed by atoms with Crippen LogP contribution in [0.4, 0.5) is 0 Å². The van der Waals surface area contributed by atoms with Gasteiger partial charge >= 0.3 is 0 Å². The number of rotatable bonds is 5. The highest BCUT2D eigenvalue weighted by molar-refractivity contribution is 7.95. The number of carbonyl (C=O) groups is 1. The van der Waals surface area contributed by atoms with E-state index in [2.05, 4.69) is 4.98 Å². The topological polar surface area (TPSA) is 118 Å². The molecule has 0 bridgehead atoms. The van der Waals surface area contributed by atoms with Crippen molar-refractivity contribution in [3.05, 3.63) is 29.0 Å². The van der Waals surface area contributed by atoms with E-state index in [1.165, 1.54) is 15.6 Å². The summed E-state index contributed by atoms with van der Waals surface area (Å²) in [7, 11) is -6.95. The van der Waals surface area contributed by atoms with E-state index in [0.29, 0.717) is 16.5 Å². The number of aryl methyl sites for hydroxylation is 1. The summed E-state index contributed by atoms with van der Waals surface area (Å²) in [6.07, 6.45) is 0.287. The van der Waals surface area contributed by atoms with E-state index in [0.717, 1.165) is 5.76 Å². The van der Waals surface area contributed by atoms with Crippen LogP contribution in [0, 0.1) is 6.92 Å². The fourth-order valence-corrected chi connectivity index (χ4v) is 9.01. The minimum absolute atomic E-state index is 0.0808. The molecule has 2 aromatic heterocycles. The zero-order chi connectivity index (χ0) is 21.5. The Morgan fingerprint density at radius 1 is 1.27 bits per heavy atom. The van der Waals surface area contributed by atoms with Gasteiger partial charge in [0.05, 0.1) is 28.9 Å². The second-order valence-electron chi connectivity index (χ2n) is 7.58. The van der Waals surface area contributed by atoms with Crippen LogP contribution in [0.2, 0.25) is 0 Å². The Morgan fingerprint density at radius 3 is 2.60 bits per heavy atom. The lowest BCUT2D eigenvalue weighted by Gasteiger charge is -2.35. The first-order valence-corrected chi connectivity index (χ1v) is 13.8. The van der Waals surface area contributed by atoms with Gasteiger partial charge in [-0.25, -0.2) is 21.8 Å². The van der Waals surface area contributed by atoms with Crippen molar-refractivity contribution in [1.29, 1.82) is 0 Å². The summed E-state index contributed by atoms with van der Waals surface area (Å²) in [5, 5.41) is 1.67. The van der Waals surface area contributed by atoms with Crippen molar-refractivity contribution in [3.63, 3.8) is 0 Å². The van der Waals surface area contributed by atoms with Gasteiger partial charge in [0.2, 0.25) is 15.9 Å². The third kappa shape index (κ3) is 4.46. The molecular formula is C18H23N3O6S3. The van der Waals surface area contributed by atoms with Crippen molar-refractivity contribution < 1.29 is 26.0 Å². The van der Waals surface area contributed by atoms with E-state index in [9.17, 15) is 21.6 Å². The highest BCUT2D eigenvalue weighted by Crippen LogP contribution is 2.26. The molecule has 0 aromatic carbocycles. The van der Waals surface area contributed by atoms with Gasteiger partial charge in [-0.3, -0.25) is 4.79 Å². The molecule has 30 heavy (non-hydrogen) atoms. The Morgan fingerprint density at radius 2 is 2.00 bits per heavy atom. The van der Waals surface area contributed by atoms with Crippen molar-refractivity contribution in [2.45, 2.75) is 25.0 Å². The number of furan rings is 1. The van der Waals surface area contributed by atoms with Gasteiger partial charge in [-0.15, -0.1) is 11.3 Å². The van der Waals surface area contributed by atoms with Crippen LogP contribution >= 0.6 is 11.3 Å². The Bertz CT molecular complexity index is 1140. The van der Waals surface area contributed by atoms with Crippen LogP contribution in [-0.2, 0) is 31.1 Å². The zero-order valence-corrected chi connectivity index (χ0v) is 18.9. The first-order valence-electron chi connectivity index (χ1n) is 9.62. The Balaban J connectivity index is 1.33. The van der Waals surface area contributed by atoms with Crippen LogP contribution < -0.4 is 0 Å². The lowest BCUT2D eigenvalue weighted by molar-refractivity contribution is -0.131. The number of amides is 1. The predicted octanol–water partition coefficient (Wildman–Crippen LogP) is 0.915. The second kappa shape index (κ2) is 8.06. The van der Waals surface area contributed by atoms with E-state index < -0.39 is 25.1 Å². The number of carbonyl (C=O) groups excluding carboxylic acids is 1. The van der Waals surface area contributed by atoms with E-state index >= 15 is 0 Å². The number of sulfonamides is 1. The molecular weight excluding hydrogens is 450 g/mol. The number of sulfone groups is 1. The summed E-state index contributed by atoms with van der Waals surface area (Å²) in [6, 6.07) is 3.70. The Hall–Kier alpha value is -1.76. The smallest absolute Gasteiger partial charge is 0.228 e. The molecule has 2 aromatic rings. The quantitative estimate of drug-likeness (QED) is 0.633. The molecule has 0 saturated carbocycles. The van der Waals surface area contributed by atoms with Gasteiger partial charge in [0.1, 0.15) is 5.76 Å². The van der Waals surface area contributed by atoms with Gasteiger partial charge in [0.25, 0.3) is 0 Å². The van der Waals surface area contributed by atoms with Crippen LogP contribution in [0.5, 0.6) is 0 Å². The minimum Gasteiger partial charge on any atom is -0.459 e. The number of piperazine rings is 1. The third-order valence-electron chi connectivity index (χ3n) is 5.40. The SMILES string of the molecule is Cc1ccc(-c2nc(CC(=O)N3CCN(S(=O)(=O)C4CCS(=O)(=O)C4)CC3)cs2)o1. The van der Waals surface area contributed by atoms with Crippen LogP contribution in [0.15, 0.2) is 21.9 Å². The molecule has 2 aliphatic heterocycles. The van der Waals surface area contributed by atoms with Crippen molar-refractivity contribution in [2.75, 3.05) is 37.7 Å². The van der Waals surface area contributed by atoms with Crippen LogP contribution in [0.25, 0.3) is 10.8 Å². The highest BCUT2D eigenvalue weighted by Gasteiger charge is 2.41. The second-order valence-corrected chi connectivity index (χ2v) is 12.9. The van der Waals surface area contributed by atoms with Gasteiger partial charge in [0, 0.05) is 31.6 Å². The molecule has 0 spiro atoms. The van der Waals surface area contributed by atoms with Crippen molar-refractivity contribution in [1.82, 2.24) is 14.2 Å². The average Bonchev–Trinajstić information content (AvgIpc) is 3.42. The number of hydrogen-bond donors (Lipinski definition) is 0. The van der Waals surface area contributed by atoms with E-state index in [-0.39, 0.29) is 56.4 Å². The molecule has 4 rings (SSSR count). The molecule has 0 radical (unpaired) electrons. The normalized spacial score (nSPS) is 22.4. The fraction of sp³-hybridized carbons (Fsp3) is 0.556. The predicted molar refractivity (Wildman–Crippen MR) is 112 cm³/mol. The Kier molecular flexibility index (Phi) is 5.77. The van der Waals surface area contributed by atoms with Gasteiger partial charge in [-0.2, -0.15) is 4.31 Å². The molecule has 1 atom stereocenters. The molecule has 2 saturated heterocycles. The summed E-state index contributed by atoms with van der Waals surface area (Å²) >= 11 is 1.41. The first-order chi connectivity index (χ1) is 14.1. The Labute approximate surface area is 179 Å². The lowest BCUT2D eigenvalue weighted by atomic mass is 10.2. The van der Waals surface area contributed by atoms with E-state index in [1.54, 1.807) is 4.90 Å². The van der Waals surface area contributed by atoms with Crippen molar-refractivity contribution >= 4 is 37.1 Å². The molecule has 0 aliphatic carbocycles. The summed E-state index contributed by atoms with van der Waals surface area (Å²) < 4.78 is 55.6. The molecule has 164 valence electrons. The standard InChI is InChI=1S/C18H23N3O6S3/c1-13-2-3-16(27-13)18-19-14(11-28-18)10-17(22)20-5-7-21(8-6-20)30(25,26)15-4-9-29(23,24)12-15/h2-3,11,15H,4-10,12H2,1H3. The number of thiazole rings is 1. The molecule has 0 N–H and O–H groups in total. The van der Waals surface area contributed by atoms with Crippen molar-refractivity contribution in [3.8, 4) is 10.8 Å². The molecule has 4 heterocycles. The summed E-state index contributed by atoms with van der Waals surface area (Å²) in [6.45, 7) is 2.78. The minimum atomic E-state index is -3.67. The van der Waals surface area contributed by atoms with Crippen LogP contribution in [0.1, 0.15) is 17.9 Å². The van der Waals surface area contributed by atoms with E-state index in [1.807, 2.05) is 24.4 Å². The summed E-state index contributed by atoms with van der Waals surface area (Å²) in [5.74, 6) is 0.964. The number of hydrogen-bond acceptors (Lipinski definition) is 8. The average molecular weight is 474 g/mol. The van der Waals surface area contributed by atoms with Gasteiger partial charge < -0.3 is 9.32 Å². The largest absolute Gasteiger partial charge is 0.459 e.